The minimum atomic E-state index is -0.692. The topological polar surface area (TPSA) is 55.4 Å². The molecule has 2 bridgehead atoms. The summed E-state index contributed by atoms with van der Waals surface area (Å²) >= 11 is 0. The summed E-state index contributed by atoms with van der Waals surface area (Å²) in [6.07, 6.45) is 0.639. The number of carbonyl (C=O) groups excluding carboxylic acids is 2. The molecule has 1 aromatic carbocycles. The van der Waals surface area contributed by atoms with Crippen LogP contribution in [0.15, 0.2) is 24.3 Å². The van der Waals surface area contributed by atoms with Crippen molar-refractivity contribution in [3.8, 4) is 5.75 Å². The van der Waals surface area contributed by atoms with E-state index in [9.17, 15) is 9.59 Å². The lowest BCUT2D eigenvalue weighted by Gasteiger charge is -2.46. The van der Waals surface area contributed by atoms with Crippen LogP contribution in [-0.4, -0.2) is 17.4 Å². The molecular formula is C14H15NO3. The number of fused-ring (bicyclic) bond motifs is 4. The zero-order valence-corrected chi connectivity index (χ0v) is 10.4. The van der Waals surface area contributed by atoms with Gasteiger partial charge in [0, 0.05) is 12.3 Å². The normalized spacial score (nSPS) is 33.1. The number of carbonyl (C=O) groups is 2. The Morgan fingerprint density at radius 3 is 2.89 bits per heavy atom. The highest BCUT2D eigenvalue weighted by molar-refractivity contribution is 6.02. The second-order valence-corrected chi connectivity index (χ2v) is 5.26. The summed E-state index contributed by atoms with van der Waals surface area (Å²) in [4.78, 5) is 23.8. The van der Waals surface area contributed by atoms with Crippen LogP contribution >= 0.6 is 0 Å². The maximum Gasteiger partial charge on any atom is 0.234 e. The van der Waals surface area contributed by atoms with Gasteiger partial charge in [-0.05, 0) is 25.5 Å². The molecule has 4 heteroatoms. The van der Waals surface area contributed by atoms with Crippen LogP contribution < -0.4 is 10.1 Å². The summed E-state index contributed by atoms with van der Waals surface area (Å²) in [5, 5.41) is 2.81. The van der Waals surface area contributed by atoms with Crippen molar-refractivity contribution in [2.45, 2.75) is 31.9 Å². The van der Waals surface area contributed by atoms with Crippen molar-refractivity contribution in [1.29, 1.82) is 0 Å². The van der Waals surface area contributed by atoms with Gasteiger partial charge in [0.2, 0.25) is 5.91 Å². The Morgan fingerprint density at radius 1 is 1.44 bits per heavy atom. The zero-order chi connectivity index (χ0) is 12.9. The lowest BCUT2D eigenvalue weighted by molar-refractivity contribution is -0.145. The smallest absolute Gasteiger partial charge is 0.234 e. The van der Waals surface area contributed by atoms with E-state index in [1.54, 1.807) is 0 Å². The van der Waals surface area contributed by atoms with Gasteiger partial charge in [-0.25, -0.2) is 0 Å². The van der Waals surface area contributed by atoms with Crippen LogP contribution in [0.3, 0.4) is 0 Å². The minimum absolute atomic E-state index is 0.0776. The fraction of sp³-hybridized carbons (Fsp3) is 0.429. The molecule has 2 aliphatic heterocycles. The Bertz CT molecular complexity index is 540. The van der Waals surface area contributed by atoms with Crippen LogP contribution in [-0.2, 0) is 9.59 Å². The number of benzene rings is 1. The maximum atomic E-state index is 12.1. The monoisotopic (exact) mass is 245 g/mol. The molecule has 3 atom stereocenters. The van der Waals surface area contributed by atoms with E-state index in [1.165, 1.54) is 6.92 Å². The van der Waals surface area contributed by atoms with Gasteiger partial charge in [-0.1, -0.05) is 18.2 Å². The van der Waals surface area contributed by atoms with Crippen molar-refractivity contribution in [1.82, 2.24) is 5.32 Å². The van der Waals surface area contributed by atoms with Gasteiger partial charge in [-0.3, -0.25) is 9.59 Å². The molecule has 0 radical (unpaired) electrons. The first-order chi connectivity index (χ1) is 8.50. The Balaban J connectivity index is 2.14. The van der Waals surface area contributed by atoms with E-state index in [1.807, 2.05) is 31.2 Å². The van der Waals surface area contributed by atoms with Gasteiger partial charge in [0.05, 0.1) is 0 Å². The summed E-state index contributed by atoms with van der Waals surface area (Å²) < 4.78 is 5.85. The Kier molecular flexibility index (Phi) is 2.24. The summed E-state index contributed by atoms with van der Waals surface area (Å²) in [5.74, 6) is -0.219. The third kappa shape index (κ3) is 1.52. The third-order valence-corrected chi connectivity index (χ3v) is 3.77. The minimum Gasteiger partial charge on any atom is -0.468 e. The number of hydrogen-bond donors (Lipinski definition) is 1. The van der Waals surface area contributed by atoms with Gasteiger partial charge in [0.25, 0.3) is 0 Å². The van der Waals surface area contributed by atoms with Crippen LogP contribution in [0.5, 0.6) is 5.75 Å². The molecule has 4 nitrogen and oxygen atoms in total. The van der Waals surface area contributed by atoms with E-state index in [-0.39, 0.29) is 17.6 Å². The van der Waals surface area contributed by atoms with Gasteiger partial charge in [0.15, 0.2) is 5.72 Å². The molecular weight excluding hydrogens is 230 g/mol. The highest BCUT2D eigenvalue weighted by atomic mass is 16.5. The number of piperidine rings is 1. The first-order valence-electron chi connectivity index (χ1n) is 6.11. The molecule has 94 valence electrons. The molecule has 0 unspecified atom stereocenters. The number of rotatable bonds is 1. The number of ether oxygens (including phenoxy) is 1. The van der Waals surface area contributed by atoms with Crippen molar-refractivity contribution < 1.29 is 14.3 Å². The van der Waals surface area contributed by atoms with Crippen LogP contribution in [0.2, 0.25) is 0 Å². The third-order valence-electron chi connectivity index (χ3n) is 3.77. The summed E-state index contributed by atoms with van der Waals surface area (Å²) in [6.45, 7) is 3.33. The average molecular weight is 245 g/mol. The number of para-hydroxylation sites is 1. The standard InChI is InChI=1S/C14H15NO3/c1-8(16)12-10-7-14(2,15-13(12)17)18-11-6-4-3-5-9(10)11/h3-6,10,12H,7H2,1-2H3,(H,15,17)/t10-,12+,14+/m1/s1. The van der Waals surface area contributed by atoms with Gasteiger partial charge >= 0.3 is 0 Å². The molecule has 0 aromatic heterocycles. The number of ketones is 1. The second-order valence-electron chi connectivity index (χ2n) is 5.26. The van der Waals surface area contributed by atoms with Crippen LogP contribution in [0.1, 0.15) is 31.7 Å². The maximum absolute atomic E-state index is 12.1. The molecule has 2 heterocycles. The number of hydrogen-bond acceptors (Lipinski definition) is 3. The summed E-state index contributed by atoms with van der Waals surface area (Å²) in [6, 6.07) is 7.63. The summed E-state index contributed by atoms with van der Waals surface area (Å²) in [5.41, 5.74) is 0.271. The average Bonchev–Trinajstić information content (AvgIpc) is 2.26. The quantitative estimate of drug-likeness (QED) is 0.765. The highest BCUT2D eigenvalue weighted by Crippen LogP contribution is 2.46. The van der Waals surface area contributed by atoms with E-state index in [0.29, 0.717) is 6.42 Å². The molecule has 2 aliphatic rings. The number of Topliss-reactive ketones (excluding diaryl/α,β-unsaturated/α-hetero) is 1. The molecule has 1 N–H and O–H groups in total. The van der Waals surface area contributed by atoms with E-state index in [4.69, 9.17) is 4.74 Å². The van der Waals surface area contributed by atoms with Crippen molar-refractivity contribution in [2.24, 2.45) is 5.92 Å². The first kappa shape index (κ1) is 11.3. The fourth-order valence-corrected chi connectivity index (χ4v) is 3.06. The van der Waals surface area contributed by atoms with E-state index >= 15 is 0 Å². The summed E-state index contributed by atoms with van der Waals surface area (Å²) in [7, 11) is 0. The number of amides is 1. The molecule has 3 rings (SSSR count). The van der Waals surface area contributed by atoms with Gasteiger partial charge in [0.1, 0.15) is 17.5 Å². The van der Waals surface area contributed by atoms with Crippen molar-refractivity contribution in [3.05, 3.63) is 29.8 Å². The van der Waals surface area contributed by atoms with Gasteiger partial charge in [-0.2, -0.15) is 0 Å². The van der Waals surface area contributed by atoms with Crippen molar-refractivity contribution >= 4 is 11.7 Å². The lowest BCUT2D eigenvalue weighted by Crippen LogP contribution is -2.61. The Morgan fingerprint density at radius 2 is 2.17 bits per heavy atom. The zero-order valence-electron chi connectivity index (χ0n) is 10.4. The van der Waals surface area contributed by atoms with Crippen molar-refractivity contribution in [2.75, 3.05) is 0 Å². The van der Waals surface area contributed by atoms with E-state index in [0.717, 1.165) is 11.3 Å². The molecule has 1 amide bonds. The predicted octanol–water partition coefficient (Wildman–Crippen LogP) is 1.60. The molecule has 1 fully saturated rings. The molecule has 1 saturated heterocycles. The first-order valence-corrected chi connectivity index (χ1v) is 6.11. The fourth-order valence-electron chi connectivity index (χ4n) is 3.06. The second kappa shape index (κ2) is 3.57. The highest BCUT2D eigenvalue weighted by Gasteiger charge is 2.50. The van der Waals surface area contributed by atoms with Crippen LogP contribution in [0, 0.1) is 5.92 Å². The molecule has 0 spiro atoms. The Labute approximate surface area is 105 Å². The van der Waals surface area contributed by atoms with Crippen LogP contribution in [0.4, 0.5) is 0 Å². The molecule has 1 aromatic rings. The van der Waals surface area contributed by atoms with Crippen LogP contribution in [0.25, 0.3) is 0 Å². The van der Waals surface area contributed by atoms with E-state index < -0.39 is 11.6 Å². The SMILES string of the molecule is CC(=O)[C@@H]1C(=O)N[C@]2(C)C[C@@H]1c1ccccc1O2. The molecule has 18 heavy (non-hydrogen) atoms. The Hall–Kier alpha value is -1.84. The van der Waals surface area contributed by atoms with E-state index in [2.05, 4.69) is 5.32 Å². The molecule has 0 aliphatic carbocycles. The van der Waals surface area contributed by atoms with Gasteiger partial charge < -0.3 is 10.1 Å². The van der Waals surface area contributed by atoms with Gasteiger partial charge in [-0.15, -0.1) is 0 Å². The van der Waals surface area contributed by atoms with Crippen molar-refractivity contribution in [3.63, 3.8) is 0 Å². The lowest BCUT2D eigenvalue weighted by atomic mass is 9.73. The predicted molar refractivity (Wildman–Crippen MR) is 65.1 cm³/mol. The largest absolute Gasteiger partial charge is 0.468 e. The molecule has 0 saturated carbocycles. The number of nitrogens with one attached hydrogen (secondary N) is 1.